The molecular formula is C12H22N2O3. The Hall–Kier alpha value is -0.650. The summed E-state index contributed by atoms with van der Waals surface area (Å²) in [5, 5.41) is 15.6. The first-order chi connectivity index (χ1) is 8.25. The largest absolute Gasteiger partial charge is 0.391 e. The minimum Gasteiger partial charge on any atom is -0.391 e. The molecule has 2 rings (SSSR count). The lowest BCUT2D eigenvalue weighted by atomic mass is 9.96. The summed E-state index contributed by atoms with van der Waals surface area (Å²) in [6.45, 7) is 3.57. The fraction of sp³-hybridized carbons (Fsp3) is 0.917. The summed E-state index contributed by atoms with van der Waals surface area (Å²) in [4.78, 5) is 11.7. The summed E-state index contributed by atoms with van der Waals surface area (Å²) >= 11 is 0. The third kappa shape index (κ3) is 3.94. The van der Waals surface area contributed by atoms with Gasteiger partial charge in [0.15, 0.2) is 0 Å². The summed E-state index contributed by atoms with van der Waals surface area (Å²) in [6, 6.07) is 0. The number of amides is 1. The molecule has 0 aromatic heterocycles. The minimum absolute atomic E-state index is 0.107. The summed E-state index contributed by atoms with van der Waals surface area (Å²) in [5.41, 5.74) is 0. The van der Waals surface area contributed by atoms with Crippen molar-refractivity contribution in [1.29, 1.82) is 0 Å². The van der Waals surface area contributed by atoms with E-state index in [4.69, 9.17) is 4.74 Å². The summed E-state index contributed by atoms with van der Waals surface area (Å²) in [5.74, 6) is 0.736. The van der Waals surface area contributed by atoms with Crippen LogP contribution in [0.3, 0.4) is 0 Å². The van der Waals surface area contributed by atoms with Gasteiger partial charge in [0, 0.05) is 45.2 Å². The van der Waals surface area contributed by atoms with Gasteiger partial charge in [-0.25, -0.2) is 0 Å². The molecule has 1 amide bonds. The second-order valence-electron chi connectivity index (χ2n) is 5.05. The van der Waals surface area contributed by atoms with Crippen LogP contribution in [-0.4, -0.2) is 50.0 Å². The number of aliphatic hydroxyl groups excluding tert-OH is 1. The van der Waals surface area contributed by atoms with Crippen LogP contribution in [0.4, 0.5) is 0 Å². The highest BCUT2D eigenvalue weighted by molar-refractivity contribution is 5.76. The average molecular weight is 242 g/mol. The molecule has 0 spiro atoms. The fourth-order valence-electron chi connectivity index (χ4n) is 2.46. The molecule has 2 unspecified atom stereocenters. The zero-order valence-corrected chi connectivity index (χ0v) is 10.2. The molecule has 2 atom stereocenters. The average Bonchev–Trinajstić information content (AvgIpc) is 2.74. The summed E-state index contributed by atoms with van der Waals surface area (Å²) in [6.07, 6.45) is 2.25. The Morgan fingerprint density at radius 2 is 2.12 bits per heavy atom. The number of carbonyl (C=O) groups excluding carboxylic acids is 1. The Kier molecular flexibility index (Phi) is 4.76. The monoisotopic (exact) mass is 242 g/mol. The first-order valence-corrected chi connectivity index (χ1v) is 6.49. The van der Waals surface area contributed by atoms with Crippen molar-refractivity contribution in [3.63, 3.8) is 0 Å². The molecule has 5 nitrogen and oxygen atoms in total. The van der Waals surface area contributed by atoms with Gasteiger partial charge >= 0.3 is 0 Å². The Labute approximate surface area is 102 Å². The predicted octanol–water partition coefficient (Wildman–Crippen LogP) is -0.500. The second-order valence-corrected chi connectivity index (χ2v) is 5.05. The van der Waals surface area contributed by atoms with Gasteiger partial charge in [0.1, 0.15) is 0 Å². The van der Waals surface area contributed by atoms with E-state index >= 15 is 0 Å². The van der Waals surface area contributed by atoms with Crippen LogP contribution in [0.1, 0.15) is 19.3 Å². The number of ether oxygens (including phenoxy) is 1. The molecule has 2 heterocycles. The molecular weight excluding hydrogens is 220 g/mol. The van der Waals surface area contributed by atoms with Crippen LogP contribution in [-0.2, 0) is 9.53 Å². The molecule has 0 bridgehead atoms. The van der Waals surface area contributed by atoms with Crippen LogP contribution in [0.2, 0.25) is 0 Å². The maximum absolute atomic E-state index is 11.7. The standard InChI is InChI=1S/C12H22N2O3/c15-11-8-13-6-10(11)7-14-12(16)5-9-1-3-17-4-2-9/h9-11,13,15H,1-8H2,(H,14,16). The molecule has 5 heteroatoms. The van der Waals surface area contributed by atoms with E-state index in [2.05, 4.69) is 10.6 Å². The highest BCUT2D eigenvalue weighted by atomic mass is 16.5. The van der Waals surface area contributed by atoms with Crippen LogP contribution in [0.5, 0.6) is 0 Å². The number of rotatable bonds is 4. The zero-order valence-electron chi connectivity index (χ0n) is 10.2. The van der Waals surface area contributed by atoms with Crippen LogP contribution in [0.15, 0.2) is 0 Å². The molecule has 0 aliphatic carbocycles. The van der Waals surface area contributed by atoms with Gasteiger partial charge < -0.3 is 20.5 Å². The van der Waals surface area contributed by atoms with Gasteiger partial charge in [0.25, 0.3) is 0 Å². The van der Waals surface area contributed by atoms with Crippen molar-refractivity contribution in [2.45, 2.75) is 25.4 Å². The van der Waals surface area contributed by atoms with Crippen molar-refractivity contribution in [2.75, 3.05) is 32.8 Å². The van der Waals surface area contributed by atoms with E-state index in [9.17, 15) is 9.90 Å². The van der Waals surface area contributed by atoms with Gasteiger partial charge in [-0.05, 0) is 18.8 Å². The second kappa shape index (κ2) is 6.33. The van der Waals surface area contributed by atoms with Gasteiger partial charge in [0.05, 0.1) is 6.10 Å². The Morgan fingerprint density at radius 3 is 2.76 bits per heavy atom. The molecule has 17 heavy (non-hydrogen) atoms. The first kappa shape index (κ1) is 12.8. The molecule has 3 N–H and O–H groups in total. The first-order valence-electron chi connectivity index (χ1n) is 6.49. The lowest BCUT2D eigenvalue weighted by molar-refractivity contribution is -0.122. The zero-order chi connectivity index (χ0) is 12.1. The number of aliphatic hydroxyl groups is 1. The molecule has 0 aromatic carbocycles. The molecule has 0 saturated carbocycles. The van der Waals surface area contributed by atoms with E-state index in [1.807, 2.05) is 0 Å². The van der Waals surface area contributed by atoms with Crippen molar-refractivity contribution in [3.05, 3.63) is 0 Å². The Morgan fingerprint density at radius 1 is 1.35 bits per heavy atom. The highest BCUT2D eigenvalue weighted by Crippen LogP contribution is 2.18. The smallest absolute Gasteiger partial charge is 0.220 e. The van der Waals surface area contributed by atoms with Crippen LogP contribution >= 0.6 is 0 Å². The maximum atomic E-state index is 11.7. The van der Waals surface area contributed by atoms with E-state index in [0.29, 0.717) is 25.4 Å². The van der Waals surface area contributed by atoms with Gasteiger partial charge in [-0.1, -0.05) is 0 Å². The number of hydrogen-bond acceptors (Lipinski definition) is 4. The van der Waals surface area contributed by atoms with E-state index < -0.39 is 0 Å². The topological polar surface area (TPSA) is 70.6 Å². The van der Waals surface area contributed by atoms with Crippen LogP contribution < -0.4 is 10.6 Å². The molecule has 2 fully saturated rings. The minimum atomic E-state index is -0.321. The fourth-order valence-corrected chi connectivity index (χ4v) is 2.46. The lowest BCUT2D eigenvalue weighted by Crippen LogP contribution is -2.35. The highest BCUT2D eigenvalue weighted by Gasteiger charge is 2.25. The normalized spacial score (nSPS) is 30.4. The van der Waals surface area contributed by atoms with Crippen molar-refractivity contribution in [3.8, 4) is 0 Å². The van der Waals surface area contributed by atoms with E-state index in [0.717, 1.165) is 32.6 Å². The Bertz CT molecular complexity index is 254. The molecule has 0 aromatic rings. The van der Waals surface area contributed by atoms with Gasteiger partial charge in [-0.3, -0.25) is 4.79 Å². The molecule has 98 valence electrons. The number of nitrogens with one attached hydrogen (secondary N) is 2. The SMILES string of the molecule is O=C(CC1CCOCC1)NCC1CNCC1O. The van der Waals surface area contributed by atoms with Crippen LogP contribution in [0.25, 0.3) is 0 Å². The van der Waals surface area contributed by atoms with E-state index in [1.165, 1.54) is 0 Å². The van der Waals surface area contributed by atoms with Crippen molar-refractivity contribution in [1.82, 2.24) is 10.6 Å². The van der Waals surface area contributed by atoms with E-state index in [-0.39, 0.29) is 17.9 Å². The van der Waals surface area contributed by atoms with Crippen molar-refractivity contribution < 1.29 is 14.6 Å². The van der Waals surface area contributed by atoms with Gasteiger partial charge in [0.2, 0.25) is 5.91 Å². The molecule has 2 aliphatic rings. The van der Waals surface area contributed by atoms with E-state index in [1.54, 1.807) is 0 Å². The third-order valence-corrected chi connectivity index (χ3v) is 3.68. The molecule has 0 radical (unpaired) electrons. The maximum Gasteiger partial charge on any atom is 0.220 e. The third-order valence-electron chi connectivity index (χ3n) is 3.68. The summed E-state index contributed by atoms with van der Waals surface area (Å²) in [7, 11) is 0. The quantitative estimate of drug-likeness (QED) is 0.621. The van der Waals surface area contributed by atoms with Gasteiger partial charge in [-0.2, -0.15) is 0 Å². The van der Waals surface area contributed by atoms with Crippen molar-refractivity contribution >= 4 is 5.91 Å². The predicted molar refractivity (Wildman–Crippen MR) is 63.5 cm³/mol. The van der Waals surface area contributed by atoms with Gasteiger partial charge in [-0.15, -0.1) is 0 Å². The summed E-state index contributed by atoms with van der Waals surface area (Å²) < 4.78 is 5.26. The Balaban J connectivity index is 1.63. The number of hydrogen-bond donors (Lipinski definition) is 3. The lowest BCUT2D eigenvalue weighted by Gasteiger charge is -2.22. The molecule has 2 saturated heterocycles. The van der Waals surface area contributed by atoms with Crippen LogP contribution in [0, 0.1) is 11.8 Å². The van der Waals surface area contributed by atoms with Crippen molar-refractivity contribution in [2.24, 2.45) is 11.8 Å². The number of β-amino-alcohol motifs (C(OH)–C–C–N with tert-alkyl or cyclic N) is 1. The molecule has 2 aliphatic heterocycles. The number of carbonyl (C=O) groups is 1.